The first-order valence-electron chi connectivity index (χ1n) is 8.93. The number of hydrogen-bond donors (Lipinski definition) is 1. The number of ether oxygens (including phenoxy) is 1. The number of methoxy groups -OCH3 is 1. The number of halogens is 1. The highest BCUT2D eigenvalue weighted by Gasteiger charge is 2.26. The number of rotatable bonds is 7. The van der Waals surface area contributed by atoms with Gasteiger partial charge in [0.05, 0.1) is 17.1 Å². The predicted molar refractivity (Wildman–Crippen MR) is 116 cm³/mol. The summed E-state index contributed by atoms with van der Waals surface area (Å²) in [5.41, 5.74) is 2.65. The summed E-state index contributed by atoms with van der Waals surface area (Å²) in [7, 11) is 3.54. The fourth-order valence-corrected chi connectivity index (χ4v) is 4.29. The summed E-state index contributed by atoms with van der Waals surface area (Å²) < 4.78 is 6.15. The van der Waals surface area contributed by atoms with E-state index >= 15 is 0 Å². The van der Waals surface area contributed by atoms with Crippen LogP contribution in [0, 0.1) is 6.92 Å². The van der Waals surface area contributed by atoms with Crippen molar-refractivity contribution in [3.8, 4) is 5.75 Å². The predicted octanol–water partition coefficient (Wildman–Crippen LogP) is 5.53. The molecule has 28 heavy (non-hydrogen) atoms. The summed E-state index contributed by atoms with van der Waals surface area (Å²) >= 11 is 7.59. The second-order valence-corrected chi connectivity index (χ2v) is 8.43. The van der Waals surface area contributed by atoms with Crippen molar-refractivity contribution in [3.63, 3.8) is 0 Å². The zero-order chi connectivity index (χ0) is 20.1. The number of thiophene rings is 1. The van der Waals surface area contributed by atoms with E-state index in [0.717, 1.165) is 20.3 Å². The quantitative estimate of drug-likeness (QED) is 0.552. The number of amides is 1. The van der Waals surface area contributed by atoms with Gasteiger partial charge in [0.2, 0.25) is 5.91 Å². The van der Waals surface area contributed by atoms with E-state index in [1.165, 1.54) is 11.3 Å². The summed E-state index contributed by atoms with van der Waals surface area (Å²) in [6.07, 6.45) is 0. The zero-order valence-corrected chi connectivity index (χ0v) is 17.7. The van der Waals surface area contributed by atoms with Crippen LogP contribution >= 0.6 is 22.9 Å². The minimum atomic E-state index is -0.452. The van der Waals surface area contributed by atoms with Gasteiger partial charge in [-0.05, 0) is 49.4 Å². The van der Waals surface area contributed by atoms with E-state index < -0.39 is 6.04 Å². The summed E-state index contributed by atoms with van der Waals surface area (Å²) in [6.45, 7) is 2.60. The van der Waals surface area contributed by atoms with Gasteiger partial charge in [0.25, 0.3) is 0 Å². The minimum Gasteiger partial charge on any atom is -0.495 e. The average molecular weight is 415 g/mol. The molecule has 0 aliphatic heterocycles. The Hall–Kier alpha value is -2.34. The largest absolute Gasteiger partial charge is 0.495 e. The molecule has 146 valence electrons. The van der Waals surface area contributed by atoms with Crippen LogP contribution in [0.4, 0.5) is 5.69 Å². The molecule has 0 saturated carbocycles. The standard InChI is InChI=1S/C22H23ClN2O2S/c1-15-9-11-19(27-3)18(13-15)24-22(26)21(16-7-5-4-6-8-16)25(2)14-17-10-12-20(23)28-17/h4-13,21H,14H2,1-3H3,(H,24,26). The lowest BCUT2D eigenvalue weighted by Gasteiger charge is -2.27. The van der Waals surface area contributed by atoms with Gasteiger partial charge in [-0.15, -0.1) is 11.3 Å². The molecule has 0 aliphatic rings. The first kappa shape index (κ1) is 20.4. The third-order valence-corrected chi connectivity index (χ3v) is 5.67. The van der Waals surface area contributed by atoms with Gasteiger partial charge in [0.1, 0.15) is 11.8 Å². The number of likely N-dealkylation sites (N-methyl/N-ethyl adjacent to an activating group) is 1. The SMILES string of the molecule is COc1ccc(C)cc1NC(=O)C(c1ccccc1)N(C)Cc1ccc(Cl)s1. The van der Waals surface area contributed by atoms with Crippen molar-refractivity contribution in [2.24, 2.45) is 0 Å². The van der Waals surface area contributed by atoms with E-state index in [0.29, 0.717) is 18.0 Å². The van der Waals surface area contributed by atoms with Crippen LogP contribution < -0.4 is 10.1 Å². The second-order valence-electron chi connectivity index (χ2n) is 6.63. The molecule has 0 aliphatic carbocycles. The van der Waals surface area contributed by atoms with E-state index in [1.807, 2.05) is 79.5 Å². The van der Waals surface area contributed by atoms with Crippen LogP contribution in [0.2, 0.25) is 4.34 Å². The Morgan fingerprint density at radius 3 is 2.57 bits per heavy atom. The van der Waals surface area contributed by atoms with Crippen molar-refractivity contribution in [1.29, 1.82) is 0 Å². The first-order chi connectivity index (χ1) is 13.5. The number of aryl methyl sites for hydroxylation is 1. The summed E-state index contributed by atoms with van der Waals surface area (Å²) in [5.74, 6) is 0.527. The molecule has 1 heterocycles. The fraction of sp³-hybridized carbons (Fsp3) is 0.227. The lowest BCUT2D eigenvalue weighted by Crippen LogP contribution is -2.34. The molecule has 4 nitrogen and oxygen atoms in total. The van der Waals surface area contributed by atoms with E-state index in [9.17, 15) is 4.79 Å². The third-order valence-electron chi connectivity index (χ3n) is 4.45. The van der Waals surface area contributed by atoms with Crippen molar-refractivity contribution < 1.29 is 9.53 Å². The number of nitrogens with one attached hydrogen (secondary N) is 1. The topological polar surface area (TPSA) is 41.6 Å². The average Bonchev–Trinajstić information content (AvgIpc) is 3.07. The normalized spacial score (nSPS) is 12.0. The maximum absolute atomic E-state index is 13.3. The molecule has 6 heteroatoms. The molecule has 1 N–H and O–H groups in total. The summed E-state index contributed by atoms with van der Waals surface area (Å²) in [4.78, 5) is 16.4. The maximum Gasteiger partial charge on any atom is 0.246 e. The monoisotopic (exact) mass is 414 g/mol. The lowest BCUT2D eigenvalue weighted by atomic mass is 10.0. The van der Waals surface area contributed by atoms with Crippen LogP contribution in [-0.2, 0) is 11.3 Å². The Morgan fingerprint density at radius 1 is 1.18 bits per heavy atom. The van der Waals surface area contributed by atoms with Crippen molar-refractivity contribution in [3.05, 3.63) is 81.0 Å². The molecule has 1 amide bonds. The zero-order valence-electron chi connectivity index (χ0n) is 16.1. The molecular formula is C22H23ClN2O2S. The number of benzene rings is 2. The number of anilines is 1. The van der Waals surface area contributed by atoms with Gasteiger partial charge in [-0.2, -0.15) is 0 Å². The molecule has 3 rings (SSSR count). The van der Waals surface area contributed by atoms with Crippen LogP contribution in [0.3, 0.4) is 0 Å². The minimum absolute atomic E-state index is 0.111. The van der Waals surface area contributed by atoms with Crippen LogP contribution in [0.25, 0.3) is 0 Å². The van der Waals surface area contributed by atoms with Gasteiger partial charge < -0.3 is 10.1 Å². The Morgan fingerprint density at radius 2 is 1.93 bits per heavy atom. The van der Waals surface area contributed by atoms with Crippen molar-refractivity contribution in [2.75, 3.05) is 19.5 Å². The number of carbonyl (C=O) groups excluding carboxylic acids is 1. The van der Waals surface area contributed by atoms with Crippen LogP contribution in [-0.4, -0.2) is 25.0 Å². The Labute approximate surface area is 174 Å². The highest BCUT2D eigenvalue weighted by molar-refractivity contribution is 7.16. The van der Waals surface area contributed by atoms with E-state index in [4.69, 9.17) is 16.3 Å². The molecule has 0 fully saturated rings. The fourth-order valence-electron chi connectivity index (χ4n) is 3.14. The van der Waals surface area contributed by atoms with Gasteiger partial charge in [-0.25, -0.2) is 0 Å². The molecule has 0 saturated heterocycles. The van der Waals surface area contributed by atoms with Gasteiger partial charge in [-0.3, -0.25) is 9.69 Å². The lowest BCUT2D eigenvalue weighted by molar-refractivity contribution is -0.121. The van der Waals surface area contributed by atoms with E-state index in [2.05, 4.69) is 5.32 Å². The van der Waals surface area contributed by atoms with Gasteiger partial charge in [0.15, 0.2) is 0 Å². The maximum atomic E-state index is 13.3. The van der Waals surface area contributed by atoms with Crippen molar-refractivity contribution in [1.82, 2.24) is 4.90 Å². The smallest absolute Gasteiger partial charge is 0.246 e. The van der Waals surface area contributed by atoms with Crippen molar-refractivity contribution >= 4 is 34.5 Å². The Kier molecular flexibility index (Phi) is 6.73. The van der Waals surface area contributed by atoms with Gasteiger partial charge >= 0.3 is 0 Å². The summed E-state index contributed by atoms with van der Waals surface area (Å²) in [6, 6.07) is 18.9. The Balaban J connectivity index is 1.88. The number of nitrogens with zero attached hydrogens (tertiary/aromatic N) is 1. The molecule has 0 bridgehead atoms. The molecular weight excluding hydrogens is 392 g/mol. The first-order valence-corrected chi connectivity index (χ1v) is 10.1. The molecule has 3 aromatic rings. The molecule has 1 aromatic heterocycles. The highest BCUT2D eigenvalue weighted by atomic mass is 35.5. The summed E-state index contributed by atoms with van der Waals surface area (Å²) in [5, 5.41) is 3.04. The Bertz CT molecular complexity index is 943. The molecule has 2 aromatic carbocycles. The number of carbonyl (C=O) groups is 1. The van der Waals surface area contributed by atoms with Crippen LogP contribution in [0.5, 0.6) is 5.75 Å². The van der Waals surface area contributed by atoms with E-state index in [-0.39, 0.29) is 5.91 Å². The van der Waals surface area contributed by atoms with Gasteiger partial charge in [-0.1, -0.05) is 48.0 Å². The molecule has 0 spiro atoms. The van der Waals surface area contributed by atoms with E-state index in [1.54, 1.807) is 7.11 Å². The van der Waals surface area contributed by atoms with Crippen molar-refractivity contribution in [2.45, 2.75) is 19.5 Å². The second kappa shape index (κ2) is 9.24. The van der Waals surface area contributed by atoms with Gasteiger partial charge in [0, 0.05) is 11.4 Å². The molecule has 0 radical (unpaired) electrons. The molecule has 1 unspecified atom stereocenters. The third kappa shape index (κ3) is 4.93. The number of hydrogen-bond acceptors (Lipinski definition) is 4. The molecule has 1 atom stereocenters. The highest BCUT2D eigenvalue weighted by Crippen LogP contribution is 2.30. The van der Waals surface area contributed by atoms with Crippen LogP contribution in [0.1, 0.15) is 22.0 Å². The van der Waals surface area contributed by atoms with Crippen LogP contribution in [0.15, 0.2) is 60.7 Å².